The molecule has 3 rings (SSSR count). The van der Waals surface area contributed by atoms with Gasteiger partial charge in [-0.15, -0.1) is 0 Å². The first-order chi connectivity index (χ1) is 12.5. The SMILES string of the molecule is O=C(COc1ccc2ccccc2n1)N/N=C\c1cc(Br)c(O)c(I)c1. The Hall–Kier alpha value is -2.20. The molecule has 1 heterocycles. The third kappa shape index (κ3) is 4.70. The Kier molecular flexibility index (Phi) is 6.04. The molecule has 3 aromatic rings. The van der Waals surface area contributed by atoms with Crippen molar-refractivity contribution >= 4 is 61.5 Å². The number of fused-ring (bicyclic) bond motifs is 1. The molecule has 2 aromatic carbocycles. The zero-order chi connectivity index (χ0) is 18.5. The second-order valence-corrected chi connectivity index (χ2v) is 7.27. The fraction of sp³-hybridized carbons (Fsp3) is 0.0556. The van der Waals surface area contributed by atoms with Gasteiger partial charge in [-0.2, -0.15) is 5.10 Å². The summed E-state index contributed by atoms with van der Waals surface area (Å²) in [7, 11) is 0. The van der Waals surface area contributed by atoms with Crippen LogP contribution in [0.5, 0.6) is 11.6 Å². The number of carbonyl (C=O) groups is 1. The van der Waals surface area contributed by atoms with Crippen LogP contribution in [0.4, 0.5) is 0 Å². The number of halogens is 2. The van der Waals surface area contributed by atoms with Crippen molar-refractivity contribution in [2.24, 2.45) is 5.10 Å². The minimum atomic E-state index is -0.399. The molecule has 8 heteroatoms. The van der Waals surface area contributed by atoms with Gasteiger partial charge >= 0.3 is 0 Å². The van der Waals surface area contributed by atoms with Gasteiger partial charge in [0.15, 0.2) is 6.61 Å². The van der Waals surface area contributed by atoms with E-state index in [0.717, 1.165) is 16.5 Å². The summed E-state index contributed by atoms with van der Waals surface area (Å²) in [6.07, 6.45) is 1.48. The van der Waals surface area contributed by atoms with Gasteiger partial charge in [0.05, 0.1) is 19.8 Å². The Bertz CT molecular complexity index is 971. The highest BCUT2D eigenvalue weighted by Crippen LogP contribution is 2.29. The van der Waals surface area contributed by atoms with Gasteiger partial charge in [-0.3, -0.25) is 4.79 Å². The van der Waals surface area contributed by atoms with Gasteiger partial charge in [0, 0.05) is 11.5 Å². The molecule has 0 atom stereocenters. The Morgan fingerprint density at radius 1 is 1.31 bits per heavy atom. The number of ether oxygens (including phenoxy) is 1. The monoisotopic (exact) mass is 525 g/mol. The molecule has 0 spiro atoms. The number of para-hydroxylation sites is 1. The molecule has 6 nitrogen and oxygen atoms in total. The second kappa shape index (κ2) is 8.45. The number of hydrogen-bond acceptors (Lipinski definition) is 5. The molecule has 0 aliphatic rings. The lowest BCUT2D eigenvalue weighted by molar-refractivity contribution is -0.123. The van der Waals surface area contributed by atoms with Crippen LogP contribution in [0.25, 0.3) is 10.9 Å². The average Bonchev–Trinajstić information content (AvgIpc) is 2.64. The zero-order valence-corrected chi connectivity index (χ0v) is 17.1. The third-order valence-electron chi connectivity index (χ3n) is 3.37. The van der Waals surface area contributed by atoms with Gasteiger partial charge in [-0.25, -0.2) is 10.4 Å². The van der Waals surface area contributed by atoms with Gasteiger partial charge < -0.3 is 9.84 Å². The van der Waals surface area contributed by atoms with E-state index >= 15 is 0 Å². The molecule has 0 aliphatic heterocycles. The fourth-order valence-electron chi connectivity index (χ4n) is 2.14. The number of hydrogen-bond donors (Lipinski definition) is 2. The van der Waals surface area contributed by atoms with E-state index < -0.39 is 5.91 Å². The minimum absolute atomic E-state index is 0.170. The molecule has 0 aliphatic carbocycles. The molecule has 2 N–H and O–H groups in total. The normalized spacial score (nSPS) is 11.0. The average molecular weight is 526 g/mol. The number of benzene rings is 2. The highest BCUT2D eigenvalue weighted by Gasteiger charge is 2.06. The van der Waals surface area contributed by atoms with E-state index in [1.807, 2.05) is 52.9 Å². The van der Waals surface area contributed by atoms with Crippen LogP contribution in [0.2, 0.25) is 0 Å². The number of pyridine rings is 1. The Morgan fingerprint density at radius 2 is 2.12 bits per heavy atom. The maximum atomic E-state index is 11.8. The molecule has 26 heavy (non-hydrogen) atoms. The number of carbonyl (C=O) groups excluding carboxylic acids is 1. The molecule has 0 saturated carbocycles. The summed E-state index contributed by atoms with van der Waals surface area (Å²) in [4.78, 5) is 16.2. The lowest BCUT2D eigenvalue weighted by Gasteiger charge is -2.05. The Morgan fingerprint density at radius 3 is 2.92 bits per heavy atom. The largest absolute Gasteiger partial charge is 0.506 e. The standard InChI is InChI=1S/C18H13BrIN3O3/c19-13-7-11(8-14(20)18(13)25)9-21-23-16(24)10-26-17-6-5-12-3-1-2-4-15(12)22-17/h1-9,25H,10H2,(H,23,24)/b21-9-. The number of aromatic nitrogens is 1. The summed E-state index contributed by atoms with van der Waals surface area (Å²) in [5.41, 5.74) is 3.92. The minimum Gasteiger partial charge on any atom is -0.506 e. The van der Waals surface area contributed by atoms with Crippen LogP contribution in [0, 0.1) is 3.57 Å². The molecule has 1 amide bonds. The van der Waals surface area contributed by atoms with Crippen molar-refractivity contribution in [1.82, 2.24) is 10.4 Å². The summed E-state index contributed by atoms with van der Waals surface area (Å²) in [6.45, 7) is -0.195. The molecule has 0 unspecified atom stereocenters. The van der Waals surface area contributed by atoms with Gasteiger partial charge in [0.25, 0.3) is 5.91 Å². The van der Waals surface area contributed by atoms with Gasteiger partial charge in [-0.1, -0.05) is 18.2 Å². The first kappa shape index (κ1) is 18.6. The number of phenolic OH excluding ortho intramolecular Hbond substituents is 1. The van der Waals surface area contributed by atoms with Crippen molar-refractivity contribution < 1.29 is 14.6 Å². The molecule has 0 bridgehead atoms. The number of amides is 1. The number of nitrogens with one attached hydrogen (secondary N) is 1. The van der Waals surface area contributed by atoms with Crippen LogP contribution in [-0.2, 0) is 4.79 Å². The van der Waals surface area contributed by atoms with Crippen molar-refractivity contribution in [1.29, 1.82) is 0 Å². The first-order valence-corrected chi connectivity index (χ1v) is 9.38. The van der Waals surface area contributed by atoms with Crippen LogP contribution in [0.3, 0.4) is 0 Å². The van der Waals surface area contributed by atoms with Gasteiger partial charge in [0.1, 0.15) is 5.75 Å². The topological polar surface area (TPSA) is 83.8 Å². The number of hydrazone groups is 1. The summed E-state index contributed by atoms with van der Waals surface area (Å²) in [6, 6.07) is 14.7. The summed E-state index contributed by atoms with van der Waals surface area (Å²) in [5, 5.41) is 14.6. The predicted octanol–water partition coefficient (Wildman–Crippen LogP) is 3.84. The van der Waals surface area contributed by atoms with Crippen molar-refractivity contribution in [3.05, 3.63) is 62.1 Å². The zero-order valence-electron chi connectivity index (χ0n) is 13.3. The van der Waals surface area contributed by atoms with E-state index in [-0.39, 0.29) is 12.4 Å². The summed E-state index contributed by atoms with van der Waals surface area (Å²) < 4.78 is 6.63. The maximum absolute atomic E-state index is 11.8. The quantitative estimate of drug-likeness (QED) is 0.301. The van der Waals surface area contributed by atoms with E-state index in [4.69, 9.17) is 4.74 Å². The summed E-state index contributed by atoms with van der Waals surface area (Å²) in [5.74, 6) is 0.145. The molecule has 1 aromatic heterocycles. The van der Waals surface area contributed by atoms with Crippen LogP contribution >= 0.6 is 38.5 Å². The van der Waals surface area contributed by atoms with Crippen LogP contribution in [0.1, 0.15) is 5.56 Å². The van der Waals surface area contributed by atoms with E-state index in [1.165, 1.54) is 6.21 Å². The highest BCUT2D eigenvalue weighted by atomic mass is 127. The number of nitrogens with zero attached hydrogens (tertiary/aromatic N) is 2. The van der Waals surface area contributed by atoms with Crippen molar-refractivity contribution in [2.75, 3.05) is 6.61 Å². The van der Waals surface area contributed by atoms with Crippen molar-refractivity contribution in [3.8, 4) is 11.6 Å². The van der Waals surface area contributed by atoms with Crippen molar-refractivity contribution in [3.63, 3.8) is 0 Å². The lowest BCUT2D eigenvalue weighted by atomic mass is 10.2. The summed E-state index contributed by atoms with van der Waals surface area (Å²) >= 11 is 5.27. The van der Waals surface area contributed by atoms with Crippen LogP contribution in [0.15, 0.2) is 58.1 Å². The lowest BCUT2D eigenvalue weighted by Crippen LogP contribution is -2.24. The Labute approximate surface area is 171 Å². The van der Waals surface area contributed by atoms with Gasteiger partial charge in [-0.05, 0) is 68.3 Å². The fourth-order valence-corrected chi connectivity index (χ4v) is 3.64. The molecule has 132 valence electrons. The molecule has 0 radical (unpaired) electrons. The smallest absolute Gasteiger partial charge is 0.278 e. The van der Waals surface area contributed by atoms with Crippen molar-refractivity contribution in [2.45, 2.75) is 0 Å². The molecule has 0 saturated heterocycles. The second-order valence-electron chi connectivity index (χ2n) is 5.26. The molecular formula is C18H13BrIN3O3. The van der Waals surface area contributed by atoms with E-state index in [1.54, 1.807) is 18.2 Å². The first-order valence-electron chi connectivity index (χ1n) is 7.51. The number of phenols is 1. The predicted molar refractivity (Wildman–Crippen MR) is 111 cm³/mol. The van der Waals surface area contributed by atoms with Gasteiger partial charge in [0.2, 0.25) is 5.88 Å². The van der Waals surface area contributed by atoms with Crippen LogP contribution < -0.4 is 10.2 Å². The highest BCUT2D eigenvalue weighted by molar-refractivity contribution is 14.1. The molecule has 0 fully saturated rings. The number of rotatable bonds is 5. The molecular weight excluding hydrogens is 513 g/mol. The Balaban J connectivity index is 1.55. The third-order valence-corrected chi connectivity index (χ3v) is 4.79. The number of aromatic hydroxyl groups is 1. The van der Waals surface area contributed by atoms with E-state index in [2.05, 4.69) is 31.4 Å². The van der Waals surface area contributed by atoms with E-state index in [0.29, 0.717) is 13.9 Å². The van der Waals surface area contributed by atoms with Crippen LogP contribution in [-0.4, -0.2) is 28.8 Å². The maximum Gasteiger partial charge on any atom is 0.278 e. The van der Waals surface area contributed by atoms with E-state index in [9.17, 15) is 9.90 Å².